The summed E-state index contributed by atoms with van der Waals surface area (Å²) in [4.78, 5) is 17.7. The van der Waals surface area contributed by atoms with Crippen molar-refractivity contribution in [2.75, 3.05) is 0 Å². The first-order chi connectivity index (χ1) is 7.38. The first-order valence-electron chi connectivity index (χ1n) is 4.56. The molecular weight excluding hydrogens is 241 g/mol. The van der Waals surface area contributed by atoms with Gasteiger partial charge in [-0.25, -0.2) is 4.98 Å². The van der Waals surface area contributed by atoms with Crippen LogP contribution < -0.4 is 0 Å². The number of hydrogen-bond acceptors (Lipinski definition) is 3. The number of Topliss-reactive ketones (excluding diaryl/α,β-unsaturated/α-hetero) is 1. The quantitative estimate of drug-likeness (QED) is 0.717. The van der Waals surface area contributed by atoms with Crippen LogP contribution >= 0.6 is 12.2 Å². The zero-order valence-electron chi connectivity index (χ0n) is 7.97. The van der Waals surface area contributed by atoms with Crippen molar-refractivity contribution >= 4 is 18.0 Å². The van der Waals surface area contributed by atoms with Gasteiger partial charge in [0.1, 0.15) is 0 Å². The molecule has 16 heavy (non-hydrogen) atoms. The van der Waals surface area contributed by atoms with Crippen LogP contribution in [0.2, 0.25) is 0 Å². The second-order valence-electron chi connectivity index (χ2n) is 3.65. The van der Waals surface area contributed by atoms with Crippen LogP contribution in [0, 0.1) is 10.7 Å². The third-order valence-corrected chi connectivity index (χ3v) is 2.75. The van der Waals surface area contributed by atoms with E-state index >= 15 is 0 Å². The van der Waals surface area contributed by atoms with E-state index in [4.69, 9.17) is 12.2 Å². The normalized spacial score (nSPS) is 20.7. The van der Waals surface area contributed by atoms with Gasteiger partial charge in [-0.05, 0) is 12.2 Å². The third-order valence-electron chi connectivity index (χ3n) is 2.54. The van der Waals surface area contributed by atoms with E-state index in [9.17, 15) is 18.0 Å². The summed E-state index contributed by atoms with van der Waals surface area (Å²) in [6, 6.07) is 0. The zero-order valence-corrected chi connectivity index (χ0v) is 8.78. The van der Waals surface area contributed by atoms with Gasteiger partial charge < -0.3 is 4.98 Å². The van der Waals surface area contributed by atoms with Gasteiger partial charge in [0.25, 0.3) is 0 Å². The molecule has 7 heteroatoms. The second kappa shape index (κ2) is 3.65. The minimum absolute atomic E-state index is 0.0920. The Bertz CT molecular complexity index is 494. The average Bonchev–Trinajstić information content (AvgIpc) is 2.15. The number of aromatic nitrogens is 2. The van der Waals surface area contributed by atoms with Gasteiger partial charge in [-0.2, -0.15) is 13.2 Å². The number of rotatable bonds is 0. The summed E-state index contributed by atoms with van der Waals surface area (Å²) in [5.74, 6) is -2.16. The number of carbonyl (C=O) groups excluding carboxylic acids is 1. The fourth-order valence-electron chi connectivity index (χ4n) is 1.71. The summed E-state index contributed by atoms with van der Waals surface area (Å²) in [6.07, 6.45) is -3.87. The topological polar surface area (TPSA) is 45.8 Å². The molecule has 0 fully saturated rings. The van der Waals surface area contributed by atoms with Crippen LogP contribution in [0.1, 0.15) is 22.5 Å². The molecule has 1 aliphatic carbocycles. The summed E-state index contributed by atoms with van der Waals surface area (Å²) in [5, 5.41) is 0. The smallest absolute Gasteiger partial charge is 0.334 e. The lowest BCUT2D eigenvalue weighted by Crippen LogP contribution is -2.32. The average molecular weight is 248 g/mol. The minimum Gasteiger partial charge on any atom is -0.334 e. The molecule has 3 nitrogen and oxygen atoms in total. The fourth-order valence-corrected chi connectivity index (χ4v) is 1.89. The highest BCUT2D eigenvalue weighted by Crippen LogP contribution is 2.35. The van der Waals surface area contributed by atoms with Crippen molar-refractivity contribution in [3.8, 4) is 0 Å². The standard InChI is InChI=1S/C9H7F3N2OS/c10-9(11,12)4-1-6-5(7(15)2-4)3-13-8(16)14-6/h3-4H,1-2H2,(H,13,14,16)/t4-/m0/s1. The molecule has 1 atom stereocenters. The van der Waals surface area contributed by atoms with Gasteiger partial charge in [-0.1, -0.05) is 0 Å². The van der Waals surface area contributed by atoms with E-state index in [-0.39, 0.29) is 22.4 Å². The molecule has 0 saturated heterocycles. The Labute approximate surface area is 93.7 Å². The van der Waals surface area contributed by atoms with Crippen LogP contribution in [0.15, 0.2) is 6.20 Å². The van der Waals surface area contributed by atoms with Gasteiger partial charge in [0.15, 0.2) is 10.6 Å². The molecule has 0 bridgehead atoms. The number of hydrogen-bond donors (Lipinski definition) is 1. The molecule has 1 aromatic rings. The Morgan fingerprint density at radius 3 is 2.75 bits per heavy atom. The largest absolute Gasteiger partial charge is 0.392 e. The number of aromatic amines is 1. The van der Waals surface area contributed by atoms with Crippen molar-refractivity contribution in [1.29, 1.82) is 0 Å². The Balaban J connectivity index is 2.42. The molecule has 0 unspecified atom stereocenters. The van der Waals surface area contributed by atoms with Gasteiger partial charge in [-0.3, -0.25) is 4.79 Å². The van der Waals surface area contributed by atoms with Crippen molar-refractivity contribution in [2.24, 2.45) is 5.92 Å². The number of ketones is 1. The monoisotopic (exact) mass is 248 g/mol. The van der Waals surface area contributed by atoms with E-state index in [1.54, 1.807) is 0 Å². The highest BCUT2D eigenvalue weighted by molar-refractivity contribution is 7.71. The molecule has 1 heterocycles. The maximum absolute atomic E-state index is 12.5. The van der Waals surface area contributed by atoms with E-state index in [1.807, 2.05) is 0 Å². The lowest BCUT2D eigenvalue weighted by atomic mass is 9.86. The molecule has 1 aliphatic rings. The Kier molecular flexibility index (Phi) is 2.57. The molecule has 0 saturated carbocycles. The molecular formula is C9H7F3N2OS. The molecule has 2 rings (SSSR count). The van der Waals surface area contributed by atoms with Gasteiger partial charge >= 0.3 is 6.18 Å². The molecule has 0 radical (unpaired) electrons. The van der Waals surface area contributed by atoms with Crippen molar-refractivity contribution in [2.45, 2.75) is 19.0 Å². The predicted molar refractivity (Wildman–Crippen MR) is 51.6 cm³/mol. The van der Waals surface area contributed by atoms with Crippen LogP contribution in [0.5, 0.6) is 0 Å². The highest BCUT2D eigenvalue weighted by atomic mass is 32.1. The number of halogens is 3. The fraction of sp³-hybridized carbons (Fsp3) is 0.444. The Morgan fingerprint density at radius 2 is 2.12 bits per heavy atom. The molecule has 0 aromatic carbocycles. The SMILES string of the molecule is O=C1C[C@@H](C(F)(F)F)Cc2[nH]c(=S)ncc21. The van der Waals surface area contributed by atoms with Gasteiger partial charge in [0.05, 0.1) is 11.5 Å². The lowest BCUT2D eigenvalue weighted by Gasteiger charge is -2.24. The van der Waals surface area contributed by atoms with E-state index in [0.717, 1.165) is 0 Å². The van der Waals surface area contributed by atoms with Gasteiger partial charge in [0, 0.05) is 24.7 Å². The molecule has 1 aromatic heterocycles. The van der Waals surface area contributed by atoms with E-state index in [1.165, 1.54) is 6.20 Å². The second-order valence-corrected chi connectivity index (χ2v) is 4.04. The van der Waals surface area contributed by atoms with Crippen LogP contribution in [-0.4, -0.2) is 21.9 Å². The number of nitrogens with zero attached hydrogens (tertiary/aromatic N) is 1. The number of fused-ring (bicyclic) bond motifs is 1. The van der Waals surface area contributed by atoms with Crippen molar-refractivity contribution in [1.82, 2.24) is 9.97 Å². The molecule has 0 spiro atoms. The van der Waals surface area contributed by atoms with Crippen LogP contribution in [-0.2, 0) is 6.42 Å². The number of H-pyrrole nitrogens is 1. The van der Waals surface area contributed by atoms with Gasteiger partial charge in [0.2, 0.25) is 0 Å². The predicted octanol–water partition coefficient (Wildman–Crippen LogP) is 2.45. The number of nitrogens with one attached hydrogen (secondary N) is 1. The first kappa shape index (κ1) is 11.3. The highest BCUT2D eigenvalue weighted by Gasteiger charge is 2.44. The summed E-state index contributed by atoms with van der Waals surface area (Å²) >= 11 is 4.71. The van der Waals surface area contributed by atoms with E-state index < -0.39 is 24.3 Å². The maximum Gasteiger partial charge on any atom is 0.392 e. The summed E-state index contributed by atoms with van der Waals surface area (Å²) in [5.41, 5.74) is 0.452. The maximum atomic E-state index is 12.5. The molecule has 0 amide bonds. The van der Waals surface area contributed by atoms with Crippen molar-refractivity contribution < 1.29 is 18.0 Å². The molecule has 0 aliphatic heterocycles. The number of carbonyl (C=O) groups is 1. The summed E-state index contributed by atoms with van der Waals surface area (Å²) in [6.45, 7) is 0. The molecule has 1 N–H and O–H groups in total. The summed E-state index contributed by atoms with van der Waals surface area (Å²) < 4.78 is 37.6. The van der Waals surface area contributed by atoms with E-state index in [0.29, 0.717) is 0 Å². The van der Waals surface area contributed by atoms with E-state index in [2.05, 4.69) is 9.97 Å². The van der Waals surface area contributed by atoms with Crippen molar-refractivity contribution in [3.05, 3.63) is 22.2 Å². The lowest BCUT2D eigenvalue weighted by molar-refractivity contribution is -0.174. The molecule has 86 valence electrons. The minimum atomic E-state index is -4.36. The first-order valence-corrected chi connectivity index (χ1v) is 4.97. The van der Waals surface area contributed by atoms with Gasteiger partial charge in [-0.15, -0.1) is 0 Å². The van der Waals surface area contributed by atoms with Crippen LogP contribution in [0.25, 0.3) is 0 Å². The van der Waals surface area contributed by atoms with Crippen molar-refractivity contribution in [3.63, 3.8) is 0 Å². The van der Waals surface area contributed by atoms with Crippen LogP contribution in [0.4, 0.5) is 13.2 Å². The number of alkyl halides is 3. The third kappa shape index (κ3) is 1.99. The summed E-state index contributed by atoms with van der Waals surface area (Å²) in [7, 11) is 0. The Morgan fingerprint density at radius 1 is 1.44 bits per heavy atom. The van der Waals surface area contributed by atoms with Crippen LogP contribution in [0.3, 0.4) is 0 Å². The zero-order chi connectivity index (χ0) is 11.9. The Hall–Kier alpha value is -1.24.